The second-order valence-corrected chi connectivity index (χ2v) is 9.96. The topological polar surface area (TPSA) is 105 Å². The lowest BCUT2D eigenvalue weighted by Gasteiger charge is -2.23. The standard InChI is InChI=1S/C30H32N4O5S/c1-38-18-16-34(29(37)26-13-8-17-39-26)21-27(35)32-30-31-25(22-40-30)19-28(36)33(20-24-11-6-3-7-12-24)15-14-23-9-4-2-5-10-23/h2-13,17,22H,14-16,18-21H2,1H3,(H,31,32,35). The summed E-state index contributed by atoms with van der Waals surface area (Å²) in [4.78, 5) is 46.4. The average Bonchev–Trinajstić information content (AvgIpc) is 3.66. The molecule has 0 bridgehead atoms. The van der Waals surface area contributed by atoms with E-state index in [0.29, 0.717) is 23.9 Å². The molecule has 0 saturated carbocycles. The van der Waals surface area contributed by atoms with Gasteiger partial charge in [-0.3, -0.25) is 14.4 Å². The van der Waals surface area contributed by atoms with Gasteiger partial charge in [0.05, 0.1) is 25.0 Å². The van der Waals surface area contributed by atoms with Crippen LogP contribution in [0.25, 0.3) is 0 Å². The van der Waals surface area contributed by atoms with Gasteiger partial charge in [0.25, 0.3) is 5.91 Å². The van der Waals surface area contributed by atoms with Crippen molar-refractivity contribution >= 4 is 34.2 Å². The average molecular weight is 561 g/mol. The molecule has 2 aromatic heterocycles. The number of rotatable bonds is 14. The van der Waals surface area contributed by atoms with E-state index in [4.69, 9.17) is 9.15 Å². The van der Waals surface area contributed by atoms with Crippen LogP contribution >= 0.6 is 11.3 Å². The number of hydrogen-bond donors (Lipinski definition) is 1. The van der Waals surface area contributed by atoms with Crippen LogP contribution in [0.4, 0.5) is 5.13 Å². The van der Waals surface area contributed by atoms with Gasteiger partial charge in [0, 0.05) is 32.1 Å². The van der Waals surface area contributed by atoms with Crippen LogP contribution in [0.1, 0.15) is 27.4 Å². The SMILES string of the molecule is COCCN(CC(=O)Nc1nc(CC(=O)N(CCc2ccccc2)Cc2ccccc2)cs1)C(=O)c1ccco1. The lowest BCUT2D eigenvalue weighted by Crippen LogP contribution is -2.39. The van der Waals surface area contributed by atoms with E-state index >= 15 is 0 Å². The minimum atomic E-state index is -0.406. The first-order chi connectivity index (χ1) is 19.5. The van der Waals surface area contributed by atoms with Crippen LogP contribution in [0, 0.1) is 0 Å². The number of aromatic nitrogens is 1. The van der Waals surface area contributed by atoms with Gasteiger partial charge in [-0.2, -0.15) is 0 Å². The first kappa shape index (κ1) is 28.7. The maximum atomic E-state index is 13.3. The summed E-state index contributed by atoms with van der Waals surface area (Å²) in [6.45, 7) is 1.38. The summed E-state index contributed by atoms with van der Waals surface area (Å²) in [6, 6.07) is 23.1. The van der Waals surface area contributed by atoms with Gasteiger partial charge in [0.15, 0.2) is 10.9 Å². The number of benzene rings is 2. The molecule has 4 rings (SSSR count). The number of amides is 3. The molecular weight excluding hydrogens is 528 g/mol. The Hall–Kier alpha value is -4.28. The van der Waals surface area contributed by atoms with Crippen molar-refractivity contribution in [3.8, 4) is 0 Å². The zero-order chi connectivity index (χ0) is 28.2. The van der Waals surface area contributed by atoms with Gasteiger partial charge in [-0.05, 0) is 29.7 Å². The van der Waals surface area contributed by atoms with Gasteiger partial charge in [-0.1, -0.05) is 60.7 Å². The zero-order valence-electron chi connectivity index (χ0n) is 22.3. The molecule has 4 aromatic rings. The number of carbonyl (C=O) groups is 3. The number of hydrogen-bond acceptors (Lipinski definition) is 7. The van der Waals surface area contributed by atoms with Crippen molar-refractivity contribution in [3.05, 3.63) is 107 Å². The molecule has 2 heterocycles. The Bertz CT molecular complexity index is 1360. The number of anilines is 1. The van der Waals surface area contributed by atoms with Crippen LogP contribution in [0.15, 0.2) is 88.9 Å². The largest absolute Gasteiger partial charge is 0.459 e. The van der Waals surface area contributed by atoms with Gasteiger partial charge in [-0.15, -0.1) is 11.3 Å². The van der Waals surface area contributed by atoms with Crippen LogP contribution in [0.2, 0.25) is 0 Å². The van der Waals surface area contributed by atoms with Crippen LogP contribution in [0.5, 0.6) is 0 Å². The van der Waals surface area contributed by atoms with Crippen molar-refractivity contribution in [1.29, 1.82) is 0 Å². The molecule has 208 valence electrons. The Balaban J connectivity index is 1.36. The van der Waals surface area contributed by atoms with Gasteiger partial charge < -0.3 is 24.3 Å². The second-order valence-electron chi connectivity index (χ2n) is 9.10. The van der Waals surface area contributed by atoms with E-state index in [0.717, 1.165) is 17.5 Å². The molecule has 0 spiro atoms. The van der Waals surface area contributed by atoms with E-state index in [1.54, 1.807) is 17.5 Å². The van der Waals surface area contributed by atoms with Crippen LogP contribution in [0.3, 0.4) is 0 Å². The predicted octanol–water partition coefficient (Wildman–Crippen LogP) is 4.28. The number of thiazole rings is 1. The summed E-state index contributed by atoms with van der Waals surface area (Å²) in [5, 5.41) is 4.87. The molecule has 0 aliphatic heterocycles. The van der Waals surface area contributed by atoms with E-state index in [9.17, 15) is 14.4 Å². The van der Waals surface area contributed by atoms with Crippen molar-refractivity contribution in [2.45, 2.75) is 19.4 Å². The normalized spacial score (nSPS) is 10.7. The van der Waals surface area contributed by atoms with Crippen LogP contribution in [-0.4, -0.2) is 65.9 Å². The Morgan fingerprint density at radius 1 is 0.925 bits per heavy atom. The highest BCUT2D eigenvalue weighted by Gasteiger charge is 2.22. The molecule has 0 aliphatic rings. The molecule has 0 unspecified atom stereocenters. The Morgan fingerprint density at radius 2 is 1.65 bits per heavy atom. The van der Waals surface area contributed by atoms with Gasteiger partial charge in [-0.25, -0.2) is 4.98 Å². The second kappa shape index (κ2) is 14.8. The molecule has 0 fully saturated rings. The van der Waals surface area contributed by atoms with Crippen molar-refractivity contribution in [2.24, 2.45) is 0 Å². The molecular formula is C30H32N4O5S. The molecule has 3 amide bonds. The maximum Gasteiger partial charge on any atom is 0.290 e. The minimum absolute atomic E-state index is 0.0438. The summed E-state index contributed by atoms with van der Waals surface area (Å²) in [5.41, 5.74) is 2.79. The number of methoxy groups -OCH3 is 1. The summed E-state index contributed by atoms with van der Waals surface area (Å²) in [6.07, 6.45) is 2.27. The highest BCUT2D eigenvalue weighted by Crippen LogP contribution is 2.18. The van der Waals surface area contributed by atoms with E-state index in [-0.39, 0.29) is 37.8 Å². The third-order valence-corrected chi connectivity index (χ3v) is 6.94. The molecule has 2 aromatic carbocycles. The minimum Gasteiger partial charge on any atom is -0.459 e. The summed E-state index contributed by atoms with van der Waals surface area (Å²) >= 11 is 1.24. The highest BCUT2D eigenvalue weighted by molar-refractivity contribution is 7.13. The Labute approximate surface area is 237 Å². The molecule has 1 N–H and O–H groups in total. The van der Waals surface area contributed by atoms with Crippen molar-refractivity contribution in [1.82, 2.24) is 14.8 Å². The molecule has 40 heavy (non-hydrogen) atoms. The zero-order valence-corrected chi connectivity index (χ0v) is 23.1. The molecule has 0 saturated heterocycles. The molecule has 9 nitrogen and oxygen atoms in total. The third-order valence-electron chi connectivity index (χ3n) is 6.13. The lowest BCUT2D eigenvalue weighted by molar-refractivity contribution is -0.131. The van der Waals surface area contributed by atoms with Crippen LogP contribution in [-0.2, 0) is 33.7 Å². The Kier molecular flexibility index (Phi) is 10.6. The number of nitrogens with zero attached hydrogens (tertiary/aromatic N) is 3. The fourth-order valence-electron chi connectivity index (χ4n) is 4.06. The smallest absolute Gasteiger partial charge is 0.290 e. The molecule has 0 radical (unpaired) electrons. The van der Waals surface area contributed by atoms with Gasteiger partial charge in [0.2, 0.25) is 11.8 Å². The highest BCUT2D eigenvalue weighted by atomic mass is 32.1. The third kappa shape index (κ3) is 8.62. The molecule has 0 aliphatic carbocycles. The monoisotopic (exact) mass is 560 g/mol. The summed E-state index contributed by atoms with van der Waals surface area (Å²) in [7, 11) is 1.52. The summed E-state index contributed by atoms with van der Waals surface area (Å²) < 4.78 is 10.3. The summed E-state index contributed by atoms with van der Waals surface area (Å²) in [5.74, 6) is -0.711. The number of furan rings is 1. The first-order valence-corrected chi connectivity index (χ1v) is 13.8. The number of carbonyl (C=O) groups excluding carboxylic acids is 3. The van der Waals surface area contributed by atoms with Crippen LogP contribution < -0.4 is 5.32 Å². The van der Waals surface area contributed by atoms with Gasteiger partial charge >= 0.3 is 0 Å². The molecule has 10 heteroatoms. The first-order valence-electron chi connectivity index (χ1n) is 12.9. The van der Waals surface area contributed by atoms with E-state index < -0.39 is 11.8 Å². The van der Waals surface area contributed by atoms with E-state index in [2.05, 4.69) is 22.4 Å². The maximum absolute atomic E-state index is 13.3. The quantitative estimate of drug-likeness (QED) is 0.247. The van der Waals surface area contributed by atoms with E-state index in [1.807, 2.05) is 53.4 Å². The Morgan fingerprint density at radius 3 is 2.33 bits per heavy atom. The van der Waals surface area contributed by atoms with E-state index in [1.165, 1.54) is 29.6 Å². The number of ether oxygens (including phenoxy) is 1. The fourth-order valence-corrected chi connectivity index (χ4v) is 4.79. The fraction of sp³-hybridized carbons (Fsp3) is 0.267. The van der Waals surface area contributed by atoms with Gasteiger partial charge in [0.1, 0.15) is 6.54 Å². The molecule has 0 atom stereocenters. The van der Waals surface area contributed by atoms with Crippen molar-refractivity contribution < 1.29 is 23.5 Å². The lowest BCUT2D eigenvalue weighted by atomic mass is 10.1. The van der Waals surface area contributed by atoms with Crippen molar-refractivity contribution in [3.63, 3.8) is 0 Å². The number of nitrogens with one attached hydrogen (secondary N) is 1. The van der Waals surface area contributed by atoms with Crippen molar-refractivity contribution in [2.75, 3.05) is 38.7 Å². The predicted molar refractivity (Wildman–Crippen MR) is 153 cm³/mol.